The van der Waals surface area contributed by atoms with Crippen LogP contribution in [0.15, 0.2) is 30.3 Å². The number of amides is 1. The predicted octanol–water partition coefficient (Wildman–Crippen LogP) is 3.20. The molecule has 0 radical (unpaired) electrons. The molecule has 0 unspecified atom stereocenters. The molecule has 3 heteroatoms. The average molecular weight is 257 g/mol. The molecule has 1 fully saturated rings. The van der Waals surface area contributed by atoms with Crippen LogP contribution in [0, 0.1) is 12.3 Å². The molecule has 0 aromatic heterocycles. The number of benzene rings is 1. The lowest BCUT2D eigenvalue weighted by atomic mass is 9.97. The fourth-order valence-electron chi connectivity index (χ4n) is 2.46. The lowest BCUT2D eigenvalue weighted by Crippen LogP contribution is -2.48. The Morgan fingerprint density at radius 2 is 2.16 bits per heavy atom. The number of likely N-dealkylation sites (tertiary alicyclic amines) is 1. The summed E-state index contributed by atoms with van der Waals surface area (Å²) in [6.07, 6.45) is 8.11. The summed E-state index contributed by atoms with van der Waals surface area (Å²) in [5.41, 5.74) is 0.984. The van der Waals surface area contributed by atoms with E-state index in [0.29, 0.717) is 6.61 Å². The Morgan fingerprint density at radius 3 is 2.84 bits per heavy atom. The van der Waals surface area contributed by atoms with Gasteiger partial charge in [-0.15, -0.1) is 6.42 Å². The Bertz CT molecular complexity index is 463. The van der Waals surface area contributed by atoms with Gasteiger partial charge in [0.25, 0.3) is 0 Å². The number of rotatable bonds is 2. The van der Waals surface area contributed by atoms with Crippen molar-refractivity contribution in [3.8, 4) is 12.3 Å². The zero-order valence-electron chi connectivity index (χ0n) is 11.2. The zero-order valence-corrected chi connectivity index (χ0v) is 11.2. The van der Waals surface area contributed by atoms with Gasteiger partial charge in [0.15, 0.2) is 0 Å². The van der Waals surface area contributed by atoms with Crippen LogP contribution in [-0.4, -0.2) is 23.1 Å². The molecule has 1 aliphatic rings. The molecule has 1 aromatic rings. The van der Waals surface area contributed by atoms with Gasteiger partial charge in [0.2, 0.25) is 0 Å². The molecule has 1 aromatic carbocycles. The number of piperidine rings is 1. The van der Waals surface area contributed by atoms with Gasteiger partial charge in [0.1, 0.15) is 6.61 Å². The second kappa shape index (κ2) is 6.29. The van der Waals surface area contributed by atoms with Gasteiger partial charge in [0.05, 0.1) is 6.04 Å². The molecule has 3 nitrogen and oxygen atoms in total. The SMILES string of the molecule is C#C[C@H]1CCC[C@@H](C)N1C(=O)OCc1ccccc1. The molecule has 0 N–H and O–H groups in total. The van der Waals surface area contributed by atoms with E-state index in [4.69, 9.17) is 11.2 Å². The summed E-state index contributed by atoms with van der Waals surface area (Å²) in [5.74, 6) is 2.69. The number of carbonyl (C=O) groups excluding carboxylic acids is 1. The second-order valence-corrected chi connectivity index (χ2v) is 4.91. The fraction of sp³-hybridized carbons (Fsp3) is 0.438. The molecule has 0 aliphatic carbocycles. The molecule has 1 amide bonds. The fourth-order valence-corrected chi connectivity index (χ4v) is 2.46. The minimum Gasteiger partial charge on any atom is -0.445 e. The molecule has 1 heterocycles. The highest BCUT2D eigenvalue weighted by Gasteiger charge is 2.31. The minimum absolute atomic E-state index is 0.132. The molecule has 2 atom stereocenters. The maximum atomic E-state index is 12.2. The first kappa shape index (κ1) is 13.5. The Balaban J connectivity index is 1.96. The number of carbonyl (C=O) groups is 1. The molecule has 1 aliphatic heterocycles. The molecule has 1 saturated heterocycles. The van der Waals surface area contributed by atoms with Crippen molar-refractivity contribution < 1.29 is 9.53 Å². The van der Waals surface area contributed by atoms with Crippen LogP contribution in [0.2, 0.25) is 0 Å². The first-order valence-corrected chi connectivity index (χ1v) is 6.67. The summed E-state index contributed by atoms with van der Waals surface area (Å²) >= 11 is 0. The quantitative estimate of drug-likeness (QED) is 0.761. The summed E-state index contributed by atoms with van der Waals surface area (Å²) in [6.45, 7) is 2.31. The van der Waals surface area contributed by atoms with Gasteiger partial charge in [-0.25, -0.2) is 4.79 Å². The van der Waals surface area contributed by atoms with Crippen molar-refractivity contribution in [2.24, 2.45) is 0 Å². The van der Waals surface area contributed by atoms with Gasteiger partial charge < -0.3 is 4.74 Å². The topological polar surface area (TPSA) is 29.5 Å². The van der Waals surface area contributed by atoms with Crippen molar-refractivity contribution in [3.63, 3.8) is 0 Å². The molecule has 2 rings (SSSR count). The molecular formula is C16H19NO2. The molecule has 0 bridgehead atoms. The number of ether oxygens (including phenoxy) is 1. The standard InChI is InChI=1S/C16H19NO2/c1-3-15-11-7-8-13(2)17(15)16(18)19-12-14-9-5-4-6-10-14/h1,4-6,9-10,13,15H,7-8,11-12H2,2H3/t13-,15+/m1/s1. The highest BCUT2D eigenvalue weighted by molar-refractivity contribution is 5.69. The molecule has 0 saturated carbocycles. The lowest BCUT2D eigenvalue weighted by Gasteiger charge is -2.37. The van der Waals surface area contributed by atoms with E-state index in [2.05, 4.69) is 5.92 Å². The van der Waals surface area contributed by atoms with Crippen LogP contribution in [0.5, 0.6) is 0 Å². The van der Waals surface area contributed by atoms with Crippen LogP contribution >= 0.6 is 0 Å². The maximum absolute atomic E-state index is 12.2. The Labute approximate surface area is 114 Å². The smallest absolute Gasteiger partial charge is 0.411 e. The van der Waals surface area contributed by atoms with Crippen LogP contribution in [-0.2, 0) is 11.3 Å². The van der Waals surface area contributed by atoms with E-state index in [1.54, 1.807) is 4.90 Å². The van der Waals surface area contributed by atoms with Gasteiger partial charge in [-0.1, -0.05) is 36.3 Å². The van der Waals surface area contributed by atoms with E-state index >= 15 is 0 Å². The van der Waals surface area contributed by atoms with Crippen LogP contribution in [0.25, 0.3) is 0 Å². The summed E-state index contributed by atoms with van der Waals surface area (Å²) in [5, 5.41) is 0. The summed E-state index contributed by atoms with van der Waals surface area (Å²) in [6, 6.07) is 9.68. The van der Waals surface area contributed by atoms with Crippen LogP contribution < -0.4 is 0 Å². The van der Waals surface area contributed by atoms with E-state index in [0.717, 1.165) is 24.8 Å². The van der Waals surface area contributed by atoms with Crippen molar-refractivity contribution in [1.82, 2.24) is 4.90 Å². The Morgan fingerprint density at radius 1 is 1.42 bits per heavy atom. The predicted molar refractivity (Wildman–Crippen MR) is 74.4 cm³/mol. The number of hydrogen-bond acceptors (Lipinski definition) is 2. The largest absolute Gasteiger partial charge is 0.445 e. The third-order valence-corrected chi connectivity index (χ3v) is 3.52. The molecular weight excluding hydrogens is 238 g/mol. The second-order valence-electron chi connectivity index (χ2n) is 4.91. The zero-order chi connectivity index (χ0) is 13.7. The Hall–Kier alpha value is -1.95. The van der Waals surface area contributed by atoms with Crippen LogP contribution in [0.4, 0.5) is 4.79 Å². The third kappa shape index (κ3) is 3.29. The van der Waals surface area contributed by atoms with Gasteiger partial charge >= 0.3 is 6.09 Å². The van der Waals surface area contributed by atoms with Crippen molar-refractivity contribution in [1.29, 1.82) is 0 Å². The Kier molecular flexibility index (Phi) is 4.46. The molecule has 0 spiro atoms. The highest BCUT2D eigenvalue weighted by Crippen LogP contribution is 2.23. The van der Waals surface area contributed by atoms with Crippen molar-refractivity contribution in [2.75, 3.05) is 0 Å². The normalized spacial score (nSPS) is 22.6. The van der Waals surface area contributed by atoms with E-state index in [9.17, 15) is 4.79 Å². The number of nitrogens with zero attached hydrogens (tertiary/aromatic N) is 1. The average Bonchev–Trinajstić information content (AvgIpc) is 2.45. The summed E-state index contributed by atoms with van der Waals surface area (Å²) < 4.78 is 5.36. The van der Waals surface area contributed by atoms with Crippen molar-refractivity contribution in [2.45, 2.75) is 44.9 Å². The first-order chi connectivity index (χ1) is 9.22. The first-order valence-electron chi connectivity index (χ1n) is 6.67. The molecule has 19 heavy (non-hydrogen) atoms. The monoisotopic (exact) mass is 257 g/mol. The maximum Gasteiger partial charge on any atom is 0.411 e. The van der Waals surface area contributed by atoms with Gasteiger partial charge in [-0.2, -0.15) is 0 Å². The third-order valence-electron chi connectivity index (χ3n) is 3.52. The van der Waals surface area contributed by atoms with Gasteiger partial charge in [-0.05, 0) is 31.7 Å². The lowest BCUT2D eigenvalue weighted by molar-refractivity contribution is 0.0594. The van der Waals surface area contributed by atoms with Crippen molar-refractivity contribution >= 4 is 6.09 Å². The summed E-state index contributed by atoms with van der Waals surface area (Å²) in [4.78, 5) is 13.9. The number of terminal acetylenes is 1. The van der Waals surface area contributed by atoms with E-state index in [1.807, 2.05) is 37.3 Å². The van der Waals surface area contributed by atoms with E-state index < -0.39 is 0 Å². The van der Waals surface area contributed by atoms with Gasteiger partial charge in [-0.3, -0.25) is 4.90 Å². The number of hydrogen-bond donors (Lipinski definition) is 0. The van der Waals surface area contributed by atoms with E-state index in [1.165, 1.54) is 0 Å². The van der Waals surface area contributed by atoms with Gasteiger partial charge in [0, 0.05) is 6.04 Å². The van der Waals surface area contributed by atoms with Crippen molar-refractivity contribution in [3.05, 3.63) is 35.9 Å². The van der Waals surface area contributed by atoms with E-state index in [-0.39, 0.29) is 18.2 Å². The minimum atomic E-state index is -0.306. The van der Waals surface area contributed by atoms with Crippen LogP contribution in [0.1, 0.15) is 31.7 Å². The summed E-state index contributed by atoms with van der Waals surface area (Å²) in [7, 11) is 0. The highest BCUT2D eigenvalue weighted by atomic mass is 16.6. The molecule has 100 valence electrons. The van der Waals surface area contributed by atoms with Crippen LogP contribution in [0.3, 0.4) is 0 Å².